The second-order valence-corrected chi connectivity index (χ2v) is 12.9. The van der Waals surface area contributed by atoms with Gasteiger partial charge in [0.25, 0.3) is 5.91 Å². The lowest BCUT2D eigenvalue weighted by molar-refractivity contribution is 0.0722. The first-order chi connectivity index (χ1) is 19.3. The van der Waals surface area contributed by atoms with Gasteiger partial charge in [-0.2, -0.15) is 5.10 Å². The number of fused-ring (bicyclic) bond motifs is 1. The third-order valence-electron chi connectivity index (χ3n) is 7.74. The first-order valence-corrected chi connectivity index (χ1v) is 15.6. The first kappa shape index (κ1) is 26.3. The zero-order valence-electron chi connectivity index (χ0n) is 22.8. The Labute approximate surface area is 235 Å². The van der Waals surface area contributed by atoms with E-state index in [-0.39, 0.29) is 29.5 Å². The average Bonchev–Trinajstić information content (AvgIpc) is 3.60. The third-order valence-corrected chi connectivity index (χ3v) is 9.49. The molecule has 1 amide bonds. The molecule has 6 rings (SSSR count). The van der Waals surface area contributed by atoms with Crippen molar-refractivity contribution in [1.29, 1.82) is 0 Å². The van der Waals surface area contributed by atoms with Crippen LogP contribution in [0.1, 0.15) is 64.6 Å². The number of ether oxygens (including phenoxy) is 1. The van der Waals surface area contributed by atoms with Crippen LogP contribution in [0, 0.1) is 6.92 Å². The Hall–Kier alpha value is -3.91. The number of amides is 1. The second-order valence-electron chi connectivity index (χ2n) is 10.7. The summed E-state index contributed by atoms with van der Waals surface area (Å²) in [6, 6.07) is 25.3. The fourth-order valence-corrected chi connectivity index (χ4v) is 7.43. The third kappa shape index (κ3) is 4.92. The van der Waals surface area contributed by atoms with Gasteiger partial charge in [0.2, 0.25) is 0 Å². The molecule has 0 unspecified atom stereocenters. The number of aromatic nitrogens is 2. The highest BCUT2D eigenvalue weighted by molar-refractivity contribution is 7.91. The molecule has 0 aliphatic carbocycles. The molecule has 2 aliphatic heterocycles. The van der Waals surface area contributed by atoms with E-state index < -0.39 is 9.84 Å². The molecule has 206 valence electrons. The summed E-state index contributed by atoms with van der Waals surface area (Å²) in [5.74, 6) is 0.756. The molecule has 1 saturated heterocycles. The highest BCUT2D eigenvalue weighted by Gasteiger charge is 2.46. The molecular formula is C32H33N3O4S. The van der Waals surface area contributed by atoms with Crippen LogP contribution >= 0.6 is 0 Å². The topological polar surface area (TPSA) is 81.5 Å². The van der Waals surface area contributed by atoms with E-state index in [1.54, 1.807) is 4.68 Å². The molecule has 0 spiro atoms. The quantitative estimate of drug-likeness (QED) is 0.276. The van der Waals surface area contributed by atoms with Gasteiger partial charge in [0, 0.05) is 17.7 Å². The van der Waals surface area contributed by atoms with Crippen LogP contribution in [0.4, 0.5) is 0 Å². The van der Waals surface area contributed by atoms with Gasteiger partial charge in [0.1, 0.15) is 11.4 Å². The molecule has 1 fully saturated rings. The van der Waals surface area contributed by atoms with Crippen LogP contribution in [0.15, 0.2) is 78.9 Å². The van der Waals surface area contributed by atoms with E-state index in [1.165, 1.54) is 0 Å². The summed E-state index contributed by atoms with van der Waals surface area (Å²) in [5.41, 5.74) is 6.06. The van der Waals surface area contributed by atoms with Gasteiger partial charge < -0.3 is 9.64 Å². The molecule has 0 N–H and O–H groups in total. The number of aryl methyl sites for hydroxylation is 1. The second kappa shape index (κ2) is 10.6. The Morgan fingerprint density at radius 2 is 1.70 bits per heavy atom. The van der Waals surface area contributed by atoms with Crippen molar-refractivity contribution in [2.24, 2.45) is 0 Å². The smallest absolute Gasteiger partial charge is 0.273 e. The van der Waals surface area contributed by atoms with Gasteiger partial charge in [-0.1, -0.05) is 79.2 Å². The lowest BCUT2D eigenvalue weighted by Crippen LogP contribution is -2.30. The van der Waals surface area contributed by atoms with E-state index in [4.69, 9.17) is 9.84 Å². The van der Waals surface area contributed by atoms with Gasteiger partial charge in [0.15, 0.2) is 9.84 Å². The molecule has 2 atom stereocenters. The van der Waals surface area contributed by atoms with Crippen molar-refractivity contribution < 1.29 is 17.9 Å². The van der Waals surface area contributed by atoms with Crippen molar-refractivity contribution in [2.75, 3.05) is 18.1 Å². The number of rotatable bonds is 8. The SMILES string of the molecule is CCCOc1ccc([C@@H]2c3c(-c4ccc(C)cc4)nn([C@@H]4CCS(=O)(=O)C4)c3C(=O)N2Cc2ccccc2)cc1. The summed E-state index contributed by atoms with van der Waals surface area (Å²) < 4.78 is 32.5. The summed E-state index contributed by atoms with van der Waals surface area (Å²) in [7, 11) is -3.18. The predicted octanol–water partition coefficient (Wildman–Crippen LogP) is 5.75. The number of carbonyl (C=O) groups is 1. The Morgan fingerprint density at radius 1 is 0.975 bits per heavy atom. The van der Waals surface area contributed by atoms with Crippen molar-refractivity contribution in [1.82, 2.24) is 14.7 Å². The first-order valence-electron chi connectivity index (χ1n) is 13.8. The Morgan fingerprint density at radius 3 is 2.35 bits per heavy atom. The van der Waals surface area contributed by atoms with Crippen LogP contribution in [0.2, 0.25) is 0 Å². The van der Waals surface area contributed by atoms with Gasteiger partial charge in [-0.3, -0.25) is 9.48 Å². The molecule has 0 saturated carbocycles. The molecule has 40 heavy (non-hydrogen) atoms. The monoisotopic (exact) mass is 555 g/mol. The highest BCUT2D eigenvalue weighted by atomic mass is 32.2. The van der Waals surface area contributed by atoms with Gasteiger partial charge in [-0.25, -0.2) is 8.42 Å². The number of nitrogens with zero attached hydrogens (tertiary/aromatic N) is 3. The largest absolute Gasteiger partial charge is 0.494 e. The zero-order valence-corrected chi connectivity index (χ0v) is 23.6. The van der Waals surface area contributed by atoms with Crippen LogP contribution in [0.25, 0.3) is 11.3 Å². The van der Waals surface area contributed by atoms with E-state index in [9.17, 15) is 13.2 Å². The van der Waals surface area contributed by atoms with Gasteiger partial charge >= 0.3 is 0 Å². The Kier molecular flexibility index (Phi) is 6.96. The fourth-order valence-electron chi connectivity index (χ4n) is 5.74. The number of hydrogen-bond acceptors (Lipinski definition) is 5. The standard InChI is InChI=1S/C32H33N3O4S/c1-3-18-39-27-15-13-25(14-16-27)30-28-29(24-11-9-22(2)10-12-24)33-35(26-17-19-40(37,38)21-26)31(28)32(36)34(30)20-23-7-5-4-6-8-23/h4-16,26,30H,3,17-21H2,1-2H3/t26-,30-/m1/s1. The minimum absolute atomic E-state index is 0.00540. The molecule has 4 aromatic rings. The highest BCUT2D eigenvalue weighted by Crippen LogP contribution is 2.46. The summed E-state index contributed by atoms with van der Waals surface area (Å²) in [6.45, 7) is 5.16. The Balaban J connectivity index is 1.52. The maximum absolute atomic E-state index is 14.3. The number of hydrogen-bond donors (Lipinski definition) is 0. The number of sulfone groups is 1. The molecule has 1 aromatic heterocycles. The number of carbonyl (C=O) groups excluding carboxylic acids is 1. The average molecular weight is 556 g/mol. The van der Waals surface area contributed by atoms with Crippen LogP contribution in [0.3, 0.4) is 0 Å². The van der Waals surface area contributed by atoms with E-state index in [2.05, 4.69) is 6.92 Å². The molecule has 0 bridgehead atoms. The lowest BCUT2D eigenvalue weighted by Gasteiger charge is -2.27. The summed E-state index contributed by atoms with van der Waals surface area (Å²) >= 11 is 0. The lowest BCUT2D eigenvalue weighted by atomic mass is 9.95. The molecule has 2 aliphatic rings. The van der Waals surface area contributed by atoms with E-state index >= 15 is 0 Å². The molecule has 0 radical (unpaired) electrons. The van der Waals surface area contributed by atoms with Gasteiger partial charge in [0.05, 0.1) is 35.9 Å². The van der Waals surface area contributed by atoms with Crippen molar-refractivity contribution in [3.63, 3.8) is 0 Å². The maximum atomic E-state index is 14.3. The summed E-state index contributed by atoms with van der Waals surface area (Å²) in [4.78, 5) is 16.2. The molecule has 3 heterocycles. The predicted molar refractivity (Wildman–Crippen MR) is 155 cm³/mol. The maximum Gasteiger partial charge on any atom is 0.273 e. The van der Waals surface area contributed by atoms with Crippen LogP contribution in [0.5, 0.6) is 5.75 Å². The van der Waals surface area contributed by atoms with Crippen LogP contribution < -0.4 is 4.74 Å². The van der Waals surface area contributed by atoms with Crippen molar-refractivity contribution in [3.05, 3.63) is 107 Å². The van der Waals surface area contributed by atoms with Crippen molar-refractivity contribution in [2.45, 2.75) is 45.3 Å². The number of benzene rings is 3. The van der Waals surface area contributed by atoms with Crippen molar-refractivity contribution >= 4 is 15.7 Å². The van der Waals surface area contributed by atoms with E-state index in [0.717, 1.165) is 45.7 Å². The minimum atomic E-state index is -3.18. The van der Waals surface area contributed by atoms with Crippen molar-refractivity contribution in [3.8, 4) is 17.0 Å². The van der Waals surface area contributed by atoms with E-state index in [1.807, 2.05) is 90.7 Å². The molecule has 7 nitrogen and oxygen atoms in total. The zero-order chi connectivity index (χ0) is 27.9. The minimum Gasteiger partial charge on any atom is -0.494 e. The fraction of sp³-hybridized carbons (Fsp3) is 0.312. The van der Waals surface area contributed by atoms with Crippen LogP contribution in [-0.4, -0.2) is 47.1 Å². The van der Waals surface area contributed by atoms with Gasteiger partial charge in [-0.15, -0.1) is 0 Å². The molecular weight excluding hydrogens is 522 g/mol. The molecule has 3 aromatic carbocycles. The summed E-state index contributed by atoms with van der Waals surface area (Å²) in [5, 5.41) is 4.99. The summed E-state index contributed by atoms with van der Waals surface area (Å²) in [6.07, 6.45) is 1.37. The van der Waals surface area contributed by atoms with Gasteiger partial charge in [-0.05, 0) is 43.0 Å². The van der Waals surface area contributed by atoms with Crippen LogP contribution in [-0.2, 0) is 16.4 Å². The Bertz CT molecular complexity index is 1630. The molecule has 8 heteroatoms. The normalized spacial score (nSPS) is 19.6. The van der Waals surface area contributed by atoms with E-state index in [0.29, 0.717) is 25.3 Å².